The van der Waals surface area contributed by atoms with Crippen LogP contribution in [0.2, 0.25) is 0 Å². The van der Waals surface area contributed by atoms with Gasteiger partial charge in [0.25, 0.3) is 0 Å². The standard InChI is InChI=1S/C25H35N3O3/c1-17(2)15-21(24(30)27-20-13-9-6-10-14-20)28-25(31)23(18(3)4)26-16-22(29)19-11-7-5-8-12-19/h5-14,17-18,21-23,26,29H,15-16H2,1-4H3,(H,27,30)(H,28,31)/t21-,22?,23-/m0/s1. The molecule has 0 saturated heterocycles. The largest absolute Gasteiger partial charge is 0.387 e. The maximum atomic E-state index is 13.0. The summed E-state index contributed by atoms with van der Waals surface area (Å²) >= 11 is 0. The Balaban J connectivity index is 2.02. The van der Waals surface area contributed by atoms with E-state index >= 15 is 0 Å². The maximum Gasteiger partial charge on any atom is 0.246 e. The summed E-state index contributed by atoms with van der Waals surface area (Å²) in [6.07, 6.45) is -0.190. The molecule has 0 fully saturated rings. The first-order valence-electron chi connectivity index (χ1n) is 10.9. The molecule has 0 bridgehead atoms. The lowest BCUT2D eigenvalue weighted by Crippen LogP contribution is -2.54. The van der Waals surface area contributed by atoms with E-state index in [1.807, 2.05) is 88.4 Å². The number of hydrogen-bond acceptors (Lipinski definition) is 4. The Kier molecular flexibility index (Phi) is 9.69. The minimum Gasteiger partial charge on any atom is -0.387 e. The van der Waals surface area contributed by atoms with Crippen molar-refractivity contribution in [3.8, 4) is 0 Å². The molecule has 2 aromatic rings. The molecule has 168 valence electrons. The van der Waals surface area contributed by atoms with Gasteiger partial charge in [0.1, 0.15) is 6.04 Å². The van der Waals surface area contributed by atoms with E-state index in [4.69, 9.17) is 0 Å². The van der Waals surface area contributed by atoms with Crippen molar-refractivity contribution < 1.29 is 14.7 Å². The third-order valence-electron chi connectivity index (χ3n) is 5.05. The first-order valence-corrected chi connectivity index (χ1v) is 10.9. The lowest BCUT2D eigenvalue weighted by molar-refractivity contribution is -0.129. The predicted octanol–water partition coefficient (Wildman–Crippen LogP) is 3.50. The molecular weight excluding hydrogens is 390 g/mol. The molecule has 6 heteroatoms. The van der Waals surface area contributed by atoms with Crippen LogP contribution in [0.1, 0.15) is 45.8 Å². The Labute approximate surface area is 185 Å². The van der Waals surface area contributed by atoms with Gasteiger partial charge in [-0.3, -0.25) is 9.59 Å². The topological polar surface area (TPSA) is 90.5 Å². The zero-order valence-corrected chi connectivity index (χ0v) is 18.8. The van der Waals surface area contributed by atoms with E-state index < -0.39 is 18.2 Å². The lowest BCUT2D eigenvalue weighted by atomic mass is 9.99. The second kappa shape index (κ2) is 12.2. The fourth-order valence-electron chi connectivity index (χ4n) is 3.38. The SMILES string of the molecule is CC(C)C[C@H](NC(=O)[C@@H](NCC(O)c1ccccc1)C(C)C)C(=O)Nc1ccccc1. The number of carbonyl (C=O) groups is 2. The highest BCUT2D eigenvalue weighted by atomic mass is 16.3. The van der Waals surface area contributed by atoms with Gasteiger partial charge in [0.05, 0.1) is 12.1 Å². The van der Waals surface area contributed by atoms with Crippen LogP contribution >= 0.6 is 0 Å². The smallest absolute Gasteiger partial charge is 0.246 e. The second-order valence-corrected chi connectivity index (χ2v) is 8.60. The lowest BCUT2D eigenvalue weighted by Gasteiger charge is -2.27. The summed E-state index contributed by atoms with van der Waals surface area (Å²) in [5.41, 5.74) is 1.48. The van der Waals surface area contributed by atoms with Crippen molar-refractivity contribution in [3.63, 3.8) is 0 Å². The molecule has 0 spiro atoms. The summed E-state index contributed by atoms with van der Waals surface area (Å²) in [7, 11) is 0. The fraction of sp³-hybridized carbons (Fsp3) is 0.440. The van der Waals surface area contributed by atoms with E-state index in [1.165, 1.54) is 0 Å². The van der Waals surface area contributed by atoms with Crippen LogP contribution in [0.15, 0.2) is 60.7 Å². The molecule has 31 heavy (non-hydrogen) atoms. The molecule has 0 heterocycles. The molecule has 0 aliphatic heterocycles. The normalized spacial score (nSPS) is 14.2. The van der Waals surface area contributed by atoms with Crippen molar-refractivity contribution in [2.45, 2.75) is 52.3 Å². The summed E-state index contributed by atoms with van der Waals surface area (Å²) in [5.74, 6) is -0.263. The Hall–Kier alpha value is -2.70. The number of aliphatic hydroxyl groups is 1. The van der Waals surface area contributed by atoms with E-state index in [-0.39, 0.29) is 30.2 Å². The number of para-hydroxylation sites is 1. The maximum absolute atomic E-state index is 13.0. The van der Waals surface area contributed by atoms with Crippen molar-refractivity contribution >= 4 is 17.5 Å². The molecule has 0 aromatic heterocycles. The molecule has 4 N–H and O–H groups in total. The molecule has 0 saturated carbocycles. The quantitative estimate of drug-likeness (QED) is 0.444. The first kappa shape index (κ1) is 24.6. The third-order valence-corrected chi connectivity index (χ3v) is 5.05. The van der Waals surface area contributed by atoms with E-state index in [0.29, 0.717) is 12.1 Å². The van der Waals surface area contributed by atoms with Crippen LogP contribution in [-0.4, -0.2) is 35.5 Å². The third kappa shape index (κ3) is 8.15. The van der Waals surface area contributed by atoms with Crippen LogP contribution < -0.4 is 16.0 Å². The monoisotopic (exact) mass is 425 g/mol. The number of anilines is 1. The van der Waals surface area contributed by atoms with E-state index in [9.17, 15) is 14.7 Å². The van der Waals surface area contributed by atoms with Crippen LogP contribution in [0, 0.1) is 11.8 Å². The number of carbonyl (C=O) groups excluding carboxylic acids is 2. The average molecular weight is 426 g/mol. The molecule has 2 rings (SSSR count). The zero-order valence-electron chi connectivity index (χ0n) is 18.8. The van der Waals surface area contributed by atoms with Crippen molar-refractivity contribution in [1.29, 1.82) is 0 Å². The second-order valence-electron chi connectivity index (χ2n) is 8.60. The minimum absolute atomic E-state index is 0.0140. The Morgan fingerprint density at radius 3 is 2.00 bits per heavy atom. The highest BCUT2D eigenvalue weighted by molar-refractivity contribution is 5.97. The molecule has 0 aliphatic rings. The van der Waals surface area contributed by atoms with Crippen molar-refractivity contribution in [2.24, 2.45) is 11.8 Å². The van der Waals surface area contributed by atoms with E-state index in [0.717, 1.165) is 5.56 Å². The highest BCUT2D eigenvalue weighted by Gasteiger charge is 2.28. The summed E-state index contributed by atoms with van der Waals surface area (Å²) in [6.45, 7) is 8.15. The van der Waals surface area contributed by atoms with Crippen LogP contribution in [0.25, 0.3) is 0 Å². The van der Waals surface area contributed by atoms with Crippen molar-refractivity contribution in [2.75, 3.05) is 11.9 Å². The van der Waals surface area contributed by atoms with E-state index in [1.54, 1.807) is 0 Å². The van der Waals surface area contributed by atoms with Gasteiger partial charge in [0, 0.05) is 12.2 Å². The van der Waals surface area contributed by atoms with Gasteiger partial charge in [-0.25, -0.2) is 0 Å². The first-order chi connectivity index (χ1) is 14.8. The van der Waals surface area contributed by atoms with Crippen LogP contribution in [0.4, 0.5) is 5.69 Å². The summed E-state index contributed by atoms with van der Waals surface area (Å²) in [4.78, 5) is 25.9. The summed E-state index contributed by atoms with van der Waals surface area (Å²) in [6, 6.07) is 17.4. The summed E-state index contributed by atoms with van der Waals surface area (Å²) < 4.78 is 0. The molecule has 0 radical (unpaired) electrons. The van der Waals surface area contributed by atoms with Gasteiger partial charge in [0.2, 0.25) is 11.8 Å². The predicted molar refractivity (Wildman–Crippen MR) is 124 cm³/mol. The van der Waals surface area contributed by atoms with Gasteiger partial charge in [-0.2, -0.15) is 0 Å². The number of aliphatic hydroxyl groups excluding tert-OH is 1. The number of hydrogen-bond donors (Lipinski definition) is 4. The average Bonchev–Trinajstić information content (AvgIpc) is 2.74. The van der Waals surface area contributed by atoms with Crippen LogP contribution in [-0.2, 0) is 9.59 Å². The van der Waals surface area contributed by atoms with Crippen molar-refractivity contribution in [1.82, 2.24) is 10.6 Å². The molecule has 1 unspecified atom stereocenters. The Morgan fingerprint density at radius 1 is 0.871 bits per heavy atom. The highest BCUT2D eigenvalue weighted by Crippen LogP contribution is 2.14. The molecule has 2 amide bonds. The van der Waals surface area contributed by atoms with Gasteiger partial charge in [-0.1, -0.05) is 76.2 Å². The number of benzene rings is 2. The van der Waals surface area contributed by atoms with Crippen LogP contribution in [0.3, 0.4) is 0 Å². The van der Waals surface area contributed by atoms with Gasteiger partial charge < -0.3 is 21.1 Å². The molecule has 3 atom stereocenters. The van der Waals surface area contributed by atoms with Crippen molar-refractivity contribution in [3.05, 3.63) is 66.2 Å². The number of rotatable bonds is 11. The van der Waals surface area contributed by atoms with Gasteiger partial charge in [0.15, 0.2) is 0 Å². The van der Waals surface area contributed by atoms with Gasteiger partial charge in [-0.05, 0) is 36.0 Å². The molecular formula is C25H35N3O3. The Bertz CT molecular complexity index is 809. The van der Waals surface area contributed by atoms with Gasteiger partial charge in [-0.15, -0.1) is 0 Å². The van der Waals surface area contributed by atoms with Gasteiger partial charge >= 0.3 is 0 Å². The molecule has 2 aromatic carbocycles. The molecule has 0 aliphatic carbocycles. The fourth-order valence-corrected chi connectivity index (χ4v) is 3.38. The summed E-state index contributed by atoms with van der Waals surface area (Å²) in [5, 5.41) is 19.4. The number of nitrogens with one attached hydrogen (secondary N) is 3. The molecule has 6 nitrogen and oxygen atoms in total. The van der Waals surface area contributed by atoms with Crippen LogP contribution in [0.5, 0.6) is 0 Å². The van der Waals surface area contributed by atoms with E-state index in [2.05, 4.69) is 16.0 Å². The Morgan fingerprint density at radius 2 is 1.45 bits per heavy atom. The number of amides is 2. The zero-order chi connectivity index (χ0) is 22.8. The minimum atomic E-state index is -0.719.